The maximum Gasteiger partial charge on any atom is 0.319 e. The van der Waals surface area contributed by atoms with Gasteiger partial charge in [0.1, 0.15) is 0 Å². The van der Waals surface area contributed by atoms with Gasteiger partial charge in [0, 0.05) is 17.1 Å². The van der Waals surface area contributed by atoms with E-state index in [9.17, 15) is 9.90 Å². The van der Waals surface area contributed by atoms with Crippen molar-refractivity contribution in [3.05, 3.63) is 24.3 Å². The predicted molar refractivity (Wildman–Crippen MR) is 84.9 cm³/mol. The first-order valence-corrected chi connectivity index (χ1v) is 7.52. The molecule has 0 aliphatic carbocycles. The minimum Gasteiger partial charge on any atom is -0.391 e. The van der Waals surface area contributed by atoms with Gasteiger partial charge in [-0.1, -0.05) is 6.07 Å². The second-order valence-corrected chi connectivity index (χ2v) is 5.38. The van der Waals surface area contributed by atoms with E-state index < -0.39 is 6.10 Å². The minimum absolute atomic E-state index is 0. The summed E-state index contributed by atoms with van der Waals surface area (Å²) in [5.41, 5.74) is 0.752. The first-order chi connectivity index (χ1) is 9.19. The van der Waals surface area contributed by atoms with E-state index in [1.807, 2.05) is 30.5 Å². The lowest BCUT2D eigenvalue weighted by atomic mass is 10.0. The SMILES string of the molecule is CSc1cccc(NC(=O)N[C@@H]2CNCC[C@H]2O)c1.Cl. The Balaban J connectivity index is 0.00000200. The molecule has 1 aromatic carbocycles. The Morgan fingerprint density at radius 3 is 3.00 bits per heavy atom. The van der Waals surface area contributed by atoms with E-state index >= 15 is 0 Å². The zero-order chi connectivity index (χ0) is 13.7. The summed E-state index contributed by atoms with van der Waals surface area (Å²) >= 11 is 1.62. The largest absolute Gasteiger partial charge is 0.391 e. The number of aliphatic hydroxyl groups is 1. The molecule has 0 aromatic heterocycles. The number of hydrogen-bond donors (Lipinski definition) is 4. The number of thioether (sulfide) groups is 1. The monoisotopic (exact) mass is 317 g/mol. The van der Waals surface area contributed by atoms with Crippen molar-refractivity contribution in [3.8, 4) is 0 Å². The molecule has 1 aliphatic heterocycles. The summed E-state index contributed by atoms with van der Waals surface area (Å²) in [4.78, 5) is 13.0. The first kappa shape index (κ1) is 17.1. The lowest BCUT2D eigenvalue weighted by molar-refractivity contribution is 0.103. The van der Waals surface area contributed by atoms with Crippen molar-refractivity contribution >= 4 is 35.9 Å². The number of halogens is 1. The van der Waals surface area contributed by atoms with Gasteiger partial charge in [-0.15, -0.1) is 24.2 Å². The third kappa shape index (κ3) is 4.86. The van der Waals surface area contributed by atoms with Crippen molar-refractivity contribution in [2.24, 2.45) is 0 Å². The number of nitrogens with one attached hydrogen (secondary N) is 3. The van der Waals surface area contributed by atoms with Crippen LogP contribution >= 0.6 is 24.2 Å². The second kappa shape index (κ2) is 8.36. The number of aliphatic hydroxyl groups excluding tert-OH is 1. The molecule has 7 heteroatoms. The molecule has 1 heterocycles. The fraction of sp³-hybridized carbons (Fsp3) is 0.462. The molecular weight excluding hydrogens is 298 g/mol. The number of carbonyl (C=O) groups excluding carboxylic acids is 1. The third-order valence-corrected chi connectivity index (χ3v) is 3.82. The van der Waals surface area contributed by atoms with Gasteiger partial charge in [-0.2, -0.15) is 0 Å². The van der Waals surface area contributed by atoms with Crippen LogP contribution < -0.4 is 16.0 Å². The average molecular weight is 318 g/mol. The molecule has 1 fully saturated rings. The van der Waals surface area contributed by atoms with Crippen molar-refractivity contribution in [1.82, 2.24) is 10.6 Å². The number of rotatable bonds is 3. The highest BCUT2D eigenvalue weighted by atomic mass is 35.5. The van der Waals surface area contributed by atoms with Crippen LogP contribution in [0.1, 0.15) is 6.42 Å². The third-order valence-electron chi connectivity index (χ3n) is 3.09. The normalized spacial score (nSPS) is 21.7. The summed E-state index contributed by atoms with van der Waals surface area (Å²) < 4.78 is 0. The molecule has 1 saturated heterocycles. The van der Waals surface area contributed by atoms with Gasteiger partial charge in [0.25, 0.3) is 0 Å². The average Bonchev–Trinajstić information content (AvgIpc) is 2.41. The van der Waals surface area contributed by atoms with Gasteiger partial charge in [-0.25, -0.2) is 4.79 Å². The van der Waals surface area contributed by atoms with Gasteiger partial charge in [0.15, 0.2) is 0 Å². The molecule has 5 nitrogen and oxygen atoms in total. The summed E-state index contributed by atoms with van der Waals surface area (Å²) in [7, 11) is 0. The van der Waals surface area contributed by atoms with Gasteiger partial charge >= 0.3 is 6.03 Å². The molecule has 4 N–H and O–H groups in total. The van der Waals surface area contributed by atoms with Crippen molar-refractivity contribution in [1.29, 1.82) is 0 Å². The fourth-order valence-corrected chi connectivity index (χ4v) is 2.49. The lowest BCUT2D eigenvalue weighted by Gasteiger charge is -2.29. The van der Waals surface area contributed by atoms with E-state index in [1.54, 1.807) is 11.8 Å². The van der Waals surface area contributed by atoms with Crippen LogP contribution in [0.2, 0.25) is 0 Å². The van der Waals surface area contributed by atoms with Gasteiger partial charge in [-0.3, -0.25) is 0 Å². The molecule has 1 aromatic rings. The van der Waals surface area contributed by atoms with Crippen molar-refractivity contribution in [2.75, 3.05) is 24.7 Å². The number of carbonyl (C=O) groups is 1. The molecule has 2 rings (SSSR count). The Morgan fingerprint density at radius 1 is 1.50 bits per heavy atom. The number of benzene rings is 1. The zero-order valence-corrected chi connectivity index (χ0v) is 12.9. The van der Waals surface area contributed by atoms with Crippen LogP contribution in [0, 0.1) is 0 Å². The Bertz CT molecular complexity index is 447. The number of anilines is 1. The molecular formula is C13H20ClN3O2S. The fourth-order valence-electron chi connectivity index (χ4n) is 2.03. The molecule has 0 spiro atoms. The highest BCUT2D eigenvalue weighted by molar-refractivity contribution is 7.98. The number of piperidine rings is 1. The Hall–Kier alpha value is -0.950. The van der Waals surface area contributed by atoms with Crippen LogP contribution in [0.15, 0.2) is 29.2 Å². The van der Waals surface area contributed by atoms with Crippen LogP contribution in [-0.2, 0) is 0 Å². The summed E-state index contributed by atoms with van der Waals surface area (Å²) in [6.07, 6.45) is 2.17. The predicted octanol–water partition coefficient (Wildman–Crippen LogP) is 1.67. The summed E-state index contributed by atoms with van der Waals surface area (Å²) in [6.45, 7) is 1.39. The number of amides is 2. The van der Waals surface area contributed by atoms with Gasteiger partial charge < -0.3 is 21.1 Å². The van der Waals surface area contributed by atoms with Crippen molar-refractivity contribution in [2.45, 2.75) is 23.5 Å². The highest BCUT2D eigenvalue weighted by Crippen LogP contribution is 2.18. The minimum atomic E-state index is -0.482. The maximum atomic E-state index is 11.9. The van der Waals surface area contributed by atoms with Gasteiger partial charge in [-0.05, 0) is 37.4 Å². The molecule has 2 atom stereocenters. The summed E-state index contributed by atoms with van der Waals surface area (Å²) in [6, 6.07) is 7.12. The van der Waals surface area contributed by atoms with Crippen LogP contribution in [0.3, 0.4) is 0 Å². The molecule has 0 saturated carbocycles. The Kier molecular flexibility index (Phi) is 7.15. The quantitative estimate of drug-likeness (QED) is 0.640. The van der Waals surface area contributed by atoms with E-state index in [2.05, 4.69) is 16.0 Å². The standard InChI is InChI=1S/C13H19N3O2S.ClH/c1-19-10-4-2-3-9(7-10)15-13(18)16-11-8-14-6-5-12(11)17;/h2-4,7,11-12,14,17H,5-6,8H2,1H3,(H2,15,16,18);1H/t11-,12-;/m1./s1. The molecule has 0 bridgehead atoms. The topological polar surface area (TPSA) is 73.4 Å². The van der Waals surface area contributed by atoms with E-state index in [0.717, 1.165) is 17.1 Å². The number of hydrogen-bond acceptors (Lipinski definition) is 4. The summed E-state index contributed by atoms with van der Waals surface area (Å²) in [5.74, 6) is 0. The van der Waals surface area contributed by atoms with Crippen LogP contribution in [0.5, 0.6) is 0 Å². The smallest absolute Gasteiger partial charge is 0.319 e. The summed E-state index contributed by atoms with van der Waals surface area (Å²) in [5, 5.41) is 18.5. The van der Waals surface area contributed by atoms with E-state index in [-0.39, 0.29) is 24.5 Å². The van der Waals surface area contributed by atoms with Crippen molar-refractivity contribution in [3.63, 3.8) is 0 Å². The second-order valence-electron chi connectivity index (χ2n) is 4.50. The Labute approximate surface area is 129 Å². The Morgan fingerprint density at radius 2 is 2.30 bits per heavy atom. The zero-order valence-electron chi connectivity index (χ0n) is 11.3. The van der Waals surface area contributed by atoms with Crippen molar-refractivity contribution < 1.29 is 9.90 Å². The number of urea groups is 1. The van der Waals surface area contributed by atoms with Crippen LogP contribution in [0.25, 0.3) is 0 Å². The van der Waals surface area contributed by atoms with Gasteiger partial charge in [0.05, 0.1) is 12.1 Å². The maximum absolute atomic E-state index is 11.9. The van der Waals surface area contributed by atoms with Crippen LogP contribution in [-0.4, -0.2) is 42.6 Å². The molecule has 0 radical (unpaired) electrons. The molecule has 2 amide bonds. The van der Waals surface area contributed by atoms with E-state index in [4.69, 9.17) is 0 Å². The molecule has 20 heavy (non-hydrogen) atoms. The van der Waals surface area contributed by atoms with E-state index in [1.165, 1.54) is 0 Å². The van der Waals surface area contributed by atoms with E-state index in [0.29, 0.717) is 13.0 Å². The molecule has 112 valence electrons. The molecule has 0 unspecified atom stereocenters. The van der Waals surface area contributed by atoms with Gasteiger partial charge in [0.2, 0.25) is 0 Å². The van der Waals surface area contributed by atoms with Crippen LogP contribution in [0.4, 0.5) is 10.5 Å². The highest BCUT2D eigenvalue weighted by Gasteiger charge is 2.24. The first-order valence-electron chi connectivity index (χ1n) is 6.29. The lowest BCUT2D eigenvalue weighted by Crippen LogP contribution is -2.54. The molecule has 1 aliphatic rings.